The molecule has 1 aromatic carbocycles. The first-order valence-electron chi connectivity index (χ1n) is 10.5. The van der Waals surface area contributed by atoms with Gasteiger partial charge in [-0.25, -0.2) is 0 Å². The molecule has 8 nitrogen and oxygen atoms in total. The molecule has 30 heavy (non-hydrogen) atoms. The van der Waals surface area contributed by atoms with Crippen LogP contribution in [0.4, 0.5) is 0 Å². The van der Waals surface area contributed by atoms with Crippen LogP contribution in [0.5, 0.6) is 0 Å². The van der Waals surface area contributed by atoms with Gasteiger partial charge in [0.15, 0.2) is 5.82 Å². The van der Waals surface area contributed by atoms with Gasteiger partial charge >= 0.3 is 0 Å². The van der Waals surface area contributed by atoms with Gasteiger partial charge < -0.3 is 19.7 Å². The molecule has 158 valence electrons. The molecule has 0 radical (unpaired) electrons. The van der Waals surface area contributed by atoms with Gasteiger partial charge in [-0.05, 0) is 37.3 Å². The van der Waals surface area contributed by atoms with Crippen molar-refractivity contribution in [1.82, 2.24) is 25.3 Å². The maximum atomic E-state index is 12.2. The van der Waals surface area contributed by atoms with Gasteiger partial charge in [0.05, 0.1) is 6.54 Å². The molecule has 0 unspecified atom stereocenters. The van der Waals surface area contributed by atoms with Crippen LogP contribution in [-0.2, 0) is 22.6 Å². The predicted molar refractivity (Wildman–Crippen MR) is 112 cm³/mol. The van der Waals surface area contributed by atoms with Crippen molar-refractivity contribution in [1.29, 1.82) is 0 Å². The Morgan fingerprint density at radius 3 is 2.87 bits per heavy atom. The average Bonchev–Trinajstić information content (AvgIpc) is 3.40. The zero-order chi connectivity index (χ0) is 20.9. The Hall–Kier alpha value is -3.16. The third-order valence-corrected chi connectivity index (χ3v) is 5.75. The Bertz CT molecular complexity index is 1020. The molecule has 3 heterocycles. The number of hydrogen-bond acceptors (Lipinski definition) is 5. The molecule has 0 bridgehead atoms. The van der Waals surface area contributed by atoms with Crippen molar-refractivity contribution in [3.05, 3.63) is 47.7 Å². The molecule has 2 amide bonds. The van der Waals surface area contributed by atoms with E-state index < -0.39 is 0 Å². The summed E-state index contributed by atoms with van der Waals surface area (Å²) in [5, 5.41) is 8.14. The summed E-state index contributed by atoms with van der Waals surface area (Å²) in [5.74, 6) is 1.37. The number of piperidine rings is 1. The van der Waals surface area contributed by atoms with E-state index in [4.69, 9.17) is 4.52 Å². The van der Waals surface area contributed by atoms with Crippen LogP contribution < -0.4 is 5.32 Å². The predicted octanol–water partition coefficient (Wildman–Crippen LogP) is 2.92. The molecular formula is C22H27N5O3. The third-order valence-electron chi connectivity index (χ3n) is 5.75. The molecule has 1 saturated heterocycles. The topological polar surface area (TPSA) is 104 Å². The number of aromatic nitrogens is 3. The molecule has 0 atom stereocenters. The minimum absolute atomic E-state index is 0.0237. The number of hydrogen-bond donors (Lipinski definition) is 2. The second kappa shape index (κ2) is 9.11. The molecule has 0 spiro atoms. The fourth-order valence-electron chi connectivity index (χ4n) is 4.00. The number of para-hydroxylation sites is 1. The van der Waals surface area contributed by atoms with Gasteiger partial charge in [0.1, 0.15) is 0 Å². The van der Waals surface area contributed by atoms with E-state index in [0.717, 1.165) is 44.3 Å². The first kappa shape index (κ1) is 20.1. The van der Waals surface area contributed by atoms with E-state index in [2.05, 4.69) is 32.6 Å². The summed E-state index contributed by atoms with van der Waals surface area (Å²) in [7, 11) is 0. The van der Waals surface area contributed by atoms with Crippen LogP contribution in [0.3, 0.4) is 0 Å². The molecule has 3 aromatic rings. The summed E-state index contributed by atoms with van der Waals surface area (Å²) in [5.41, 5.74) is 2.35. The van der Waals surface area contributed by atoms with E-state index in [0.29, 0.717) is 18.1 Å². The Morgan fingerprint density at radius 1 is 1.27 bits per heavy atom. The van der Waals surface area contributed by atoms with Gasteiger partial charge in [0, 0.05) is 49.5 Å². The van der Waals surface area contributed by atoms with Gasteiger partial charge in [0.2, 0.25) is 17.7 Å². The number of nitrogens with one attached hydrogen (secondary N) is 2. The van der Waals surface area contributed by atoms with E-state index >= 15 is 0 Å². The highest BCUT2D eigenvalue weighted by atomic mass is 16.5. The van der Waals surface area contributed by atoms with E-state index in [1.54, 1.807) is 6.92 Å². The molecule has 1 aliphatic heterocycles. The van der Waals surface area contributed by atoms with Gasteiger partial charge in [-0.15, -0.1) is 0 Å². The van der Waals surface area contributed by atoms with Crippen LogP contribution in [0.15, 0.2) is 35.0 Å². The minimum atomic E-state index is -0.0237. The Balaban J connectivity index is 1.20. The number of benzene rings is 1. The molecule has 8 heteroatoms. The highest BCUT2D eigenvalue weighted by Gasteiger charge is 2.25. The molecule has 2 aromatic heterocycles. The number of aromatic amines is 1. The lowest BCUT2D eigenvalue weighted by atomic mass is 9.96. The number of H-pyrrole nitrogens is 1. The molecule has 2 N–H and O–H groups in total. The van der Waals surface area contributed by atoms with Crippen molar-refractivity contribution in [2.75, 3.05) is 13.1 Å². The van der Waals surface area contributed by atoms with E-state index in [9.17, 15) is 9.59 Å². The first-order valence-corrected chi connectivity index (χ1v) is 10.5. The van der Waals surface area contributed by atoms with Crippen LogP contribution in [-0.4, -0.2) is 44.9 Å². The summed E-state index contributed by atoms with van der Waals surface area (Å²) in [4.78, 5) is 33.1. The largest absolute Gasteiger partial charge is 0.361 e. The summed E-state index contributed by atoms with van der Waals surface area (Å²) in [6, 6.07) is 8.18. The monoisotopic (exact) mass is 409 g/mol. The Labute approximate surface area is 175 Å². The lowest BCUT2D eigenvalue weighted by Crippen LogP contribution is -2.36. The van der Waals surface area contributed by atoms with Crippen LogP contribution in [0.25, 0.3) is 10.9 Å². The highest BCUT2D eigenvalue weighted by molar-refractivity contribution is 5.83. The molecular weight excluding hydrogens is 382 g/mol. The van der Waals surface area contributed by atoms with Gasteiger partial charge in [-0.1, -0.05) is 23.4 Å². The molecule has 1 aliphatic rings. The molecule has 4 rings (SSSR count). The first-order chi connectivity index (χ1) is 14.6. The molecule has 0 aliphatic carbocycles. The van der Waals surface area contributed by atoms with Crippen molar-refractivity contribution in [3.63, 3.8) is 0 Å². The number of fused-ring (bicyclic) bond motifs is 1. The van der Waals surface area contributed by atoms with Crippen molar-refractivity contribution in [3.8, 4) is 0 Å². The lowest BCUT2D eigenvalue weighted by Gasteiger charge is -2.29. The van der Waals surface area contributed by atoms with Crippen molar-refractivity contribution in [2.45, 2.75) is 51.5 Å². The van der Waals surface area contributed by atoms with Crippen molar-refractivity contribution >= 4 is 22.7 Å². The van der Waals surface area contributed by atoms with Gasteiger partial charge in [0.25, 0.3) is 0 Å². The number of carbonyl (C=O) groups excluding carboxylic acids is 2. The second-order valence-electron chi connectivity index (χ2n) is 7.82. The second-order valence-corrected chi connectivity index (χ2v) is 7.82. The molecule has 0 saturated carbocycles. The minimum Gasteiger partial charge on any atom is -0.361 e. The fraction of sp³-hybridized carbons (Fsp3) is 0.455. The van der Waals surface area contributed by atoms with Gasteiger partial charge in [-0.2, -0.15) is 4.98 Å². The smallest absolute Gasteiger partial charge is 0.246 e. The number of carbonyl (C=O) groups is 2. The summed E-state index contributed by atoms with van der Waals surface area (Å²) < 4.78 is 5.29. The van der Waals surface area contributed by atoms with Crippen molar-refractivity contribution in [2.24, 2.45) is 0 Å². The van der Waals surface area contributed by atoms with Crippen LogP contribution in [0.1, 0.15) is 55.8 Å². The number of likely N-dealkylation sites (tertiary alicyclic amines) is 1. The maximum Gasteiger partial charge on any atom is 0.246 e. The van der Waals surface area contributed by atoms with Crippen LogP contribution >= 0.6 is 0 Å². The van der Waals surface area contributed by atoms with E-state index in [1.165, 1.54) is 10.9 Å². The average molecular weight is 409 g/mol. The van der Waals surface area contributed by atoms with Crippen molar-refractivity contribution < 1.29 is 14.1 Å². The summed E-state index contributed by atoms with van der Waals surface area (Å²) in [6.07, 6.45) is 5.75. The van der Waals surface area contributed by atoms with Gasteiger partial charge in [-0.3, -0.25) is 9.59 Å². The number of rotatable bonds is 7. The van der Waals surface area contributed by atoms with Crippen LogP contribution in [0.2, 0.25) is 0 Å². The third kappa shape index (κ3) is 4.69. The number of aryl methyl sites for hydroxylation is 1. The lowest BCUT2D eigenvalue weighted by molar-refractivity contribution is -0.129. The summed E-state index contributed by atoms with van der Waals surface area (Å²) >= 11 is 0. The Kier molecular flexibility index (Phi) is 6.11. The number of nitrogens with zero attached hydrogens (tertiary/aromatic N) is 3. The zero-order valence-electron chi connectivity index (χ0n) is 17.2. The highest BCUT2D eigenvalue weighted by Crippen LogP contribution is 2.26. The van der Waals surface area contributed by atoms with E-state index in [1.807, 2.05) is 23.2 Å². The fourth-order valence-corrected chi connectivity index (χ4v) is 4.00. The Morgan fingerprint density at radius 2 is 2.07 bits per heavy atom. The normalized spacial score (nSPS) is 14.9. The van der Waals surface area contributed by atoms with E-state index in [-0.39, 0.29) is 24.3 Å². The SMILES string of the molecule is CC(=O)N1CCC(c2noc(CNC(=O)CCCc3c[nH]c4ccccc34)n2)CC1. The van der Waals surface area contributed by atoms with Crippen LogP contribution in [0, 0.1) is 0 Å². The number of amides is 2. The summed E-state index contributed by atoms with van der Waals surface area (Å²) in [6.45, 7) is 3.27. The standard InChI is InChI=1S/C22H27N5O3/c1-15(28)27-11-9-16(10-12-27)22-25-21(30-26-22)14-24-20(29)8-4-5-17-13-23-19-7-3-2-6-18(17)19/h2-3,6-7,13,16,23H,4-5,8-12,14H2,1H3,(H,24,29). The zero-order valence-corrected chi connectivity index (χ0v) is 17.2. The molecule has 1 fully saturated rings. The maximum absolute atomic E-state index is 12.2. The quantitative estimate of drug-likeness (QED) is 0.624.